The van der Waals surface area contributed by atoms with E-state index in [2.05, 4.69) is 17.4 Å². The summed E-state index contributed by atoms with van der Waals surface area (Å²) in [5.41, 5.74) is 2.16. The Labute approximate surface area is 136 Å². The van der Waals surface area contributed by atoms with Crippen molar-refractivity contribution < 1.29 is 14.6 Å². The second-order valence-corrected chi connectivity index (χ2v) is 5.76. The molecule has 0 radical (unpaired) electrons. The summed E-state index contributed by atoms with van der Waals surface area (Å²) in [7, 11) is 0. The van der Waals surface area contributed by atoms with Crippen molar-refractivity contribution in [3.63, 3.8) is 0 Å². The molecule has 1 saturated carbocycles. The van der Waals surface area contributed by atoms with Crippen LogP contribution in [-0.4, -0.2) is 24.2 Å². The van der Waals surface area contributed by atoms with E-state index in [0.717, 1.165) is 12.0 Å². The first kappa shape index (κ1) is 15.6. The molecule has 1 fully saturated rings. The Morgan fingerprint density at radius 3 is 2.65 bits per heavy atom. The van der Waals surface area contributed by atoms with Crippen LogP contribution < -0.4 is 10.1 Å². The summed E-state index contributed by atoms with van der Waals surface area (Å²) in [5, 5.41) is 11.9. The van der Waals surface area contributed by atoms with E-state index in [1.807, 2.05) is 42.5 Å². The van der Waals surface area contributed by atoms with Crippen LogP contribution in [0.1, 0.15) is 23.5 Å². The van der Waals surface area contributed by atoms with Crippen LogP contribution >= 0.6 is 0 Å². The van der Waals surface area contributed by atoms with Gasteiger partial charge < -0.3 is 15.2 Å². The maximum atomic E-state index is 12.3. The SMILES string of the molecule is O=C(NCc1ccccc1OCCO)C1CC1c1ccccc1. The summed E-state index contributed by atoms with van der Waals surface area (Å²) in [4.78, 5) is 12.3. The Morgan fingerprint density at radius 1 is 1.13 bits per heavy atom. The van der Waals surface area contributed by atoms with E-state index in [9.17, 15) is 4.79 Å². The molecule has 2 unspecified atom stereocenters. The van der Waals surface area contributed by atoms with Crippen molar-refractivity contribution in [2.45, 2.75) is 18.9 Å². The number of carbonyl (C=O) groups is 1. The summed E-state index contributed by atoms with van der Waals surface area (Å²) < 4.78 is 5.48. The van der Waals surface area contributed by atoms with Crippen LogP contribution in [-0.2, 0) is 11.3 Å². The molecule has 4 nitrogen and oxygen atoms in total. The van der Waals surface area contributed by atoms with Gasteiger partial charge in [-0.15, -0.1) is 0 Å². The van der Waals surface area contributed by atoms with Crippen molar-refractivity contribution in [3.8, 4) is 5.75 Å². The van der Waals surface area contributed by atoms with Crippen LogP contribution in [0.3, 0.4) is 0 Å². The first-order chi connectivity index (χ1) is 11.3. The van der Waals surface area contributed by atoms with Gasteiger partial charge in [0.25, 0.3) is 0 Å². The lowest BCUT2D eigenvalue weighted by Crippen LogP contribution is -2.25. The first-order valence-corrected chi connectivity index (χ1v) is 7.94. The van der Waals surface area contributed by atoms with Crippen molar-refractivity contribution in [1.82, 2.24) is 5.32 Å². The van der Waals surface area contributed by atoms with Crippen LogP contribution in [0.4, 0.5) is 0 Å². The minimum Gasteiger partial charge on any atom is -0.491 e. The molecule has 0 heterocycles. The van der Waals surface area contributed by atoms with Gasteiger partial charge >= 0.3 is 0 Å². The second kappa shape index (κ2) is 7.29. The van der Waals surface area contributed by atoms with Crippen LogP contribution in [0, 0.1) is 5.92 Å². The van der Waals surface area contributed by atoms with Crippen molar-refractivity contribution in [2.24, 2.45) is 5.92 Å². The zero-order valence-corrected chi connectivity index (χ0v) is 12.9. The predicted molar refractivity (Wildman–Crippen MR) is 88.2 cm³/mol. The van der Waals surface area contributed by atoms with Gasteiger partial charge in [0.1, 0.15) is 12.4 Å². The number of hydrogen-bond donors (Lipinski definition) is 2. The third kappa shape index (κ3) is 3.90. The van der Waals surface area contributed by atoms with Gasteiger partial charge in [-0.25, -0.2) is 0 Å². The number of rotatable bonds is 7. The molecule has 3 rings (SSSR count). The number of hydrogen-bond acceptors (Lipinski definition) is 3. The average Bonchev–Trinajstić information content (AvgIpc) is 3.40. The van der Waals surface area contributed by atoms with Gasteiger partial charge in [0.05, 0.1) is 6.61 Å². The molecule has 0 aliphatic heterocycles. The van der Waals surface area contributed by atoms with Crippen molar-refractivity contribution >= 4 is 5.91 Å². The molecular formula is C19H21NO3. The number of amides is 1. The lowest BCUT2D eigenvalue weighted by molar-refractivity contribution is -0.122. The van der Waals surface area contributed by atoms with Gasteiger partial charge in [0.2, 0.25) is 5.91 Å². The maximum Gasteiger partial charge on any atom is 0.224 e. The third-order valence-corrected chi connectivity index (χ3v) is 4.13. The summed E-state index contributed by atoms with van der Waals surface area (Å²) in [6.45, 7) is 0.670. The number of benzene rings is 2. The highest BCUT2D eigenvalue weighted by Crippen LogP contribution is 2.47. The first-order valence-electron chi connectivity index (χ1n) is 7.94. The van der Waals surface area contributed by atoms with Gasteiger partial charge in [-0.3, -0.25) is 4.79 Å². The fourth-order valence-corrected chi connectivity index (χ4v) is 2.81. The van der Waals surface area contributed by atoms with Crippen molar-refractivity contribution in [2.75, 3.05) is 13.2 Å². The molecule has 0 aromatic heterocycles. The number of para-hydroxylation sites is 1. The third-order valence-electron chi connectivity index (χ3n) is 4.13. The highest BCUT2D eigenvalue weighted by molar-refractivity contribution is 5.82. The Morgan fingerprint density at radius 2 is 1.87 bits per heavy atom. The molecule has 1 aliphatic carbocycles. The van der Waals surface area contributed by atoms with E-state index < -0.39 is 0 Å². The fourth-order valence-electron chi connectivity index (χ4n) is 2.81. The van der Waals surface area contributed by atoms with Gasteiger partial charge in [-0.05, 0) is 24.0 Å². The van der Waals surface area contributed by atoms with E-state index in [1.54, 1.807) is 0 Å². The average molecular weight is 311 g/mol. The van der Waals surface area contributed by atoms with E-state index >= 15 is 0 Å². The monoisotopic (exact) mass is 311 g/mol. The van der Waals surface area contributed by atoms with Crippen LogP contribution in [0.2, 0.25) is 0 Å². The highest BCUT2D eigenvalue weighted by atomic mass is 16.5. The molecule has 2 aromatic rings. The van der Waals surface area contributed by atoms with E-state index in [4.69, 9.17) is 9.84 Å². The number of nitrogens with one attached hydrogen (secondary N) is 1. The molecule has 2 aromatic carbocycles. The Kier molecular flexibility index (Phi) is 4.93. The Hall–Kier alpha value is -2.33. The van der Waals surface area contributed by atoms with E-state index in [-0.39, 0.29) is 25.0 Å². The summed E-state index contributed by atoms with van der Waals surface area (Å²) >= 11 is 0. The summed E-state index contributed by atoms with van der Waals surface area (Å²) in [6.07, 6.45) is 0.915. The molecule has 0 saturated heterocycles. The zero-order valence-electron chi connectivity index (χ0n) is 12.9. The minimum atomic E-state index is -0.0263. The number of aliphatic hydroxyl groups is 1. The molecular weight excluding hydrogens is 290 g/mol. The van der Waals surface area contributed by atoms with E-state index in [1.165, 1.54) is 5.56 Å². The van der Waals surface area contributed by atoms with Crippen LogP contribution in [0.15, 0.2) is 54.6 Å². The van der Waals surface area contributed by atoms with Crippen molar-refractivity contribution in [3.05, 3.63) is 65.7 Å². The molecule has 2 N–H and O–H groups in total. The topological polar surface area (TPSA) is 58.6 Å². The van der Waals surface area contributed by atoms with E-state index in [0.29, 0.717) is 18.2 Å². The summed E-state index contributed by atoms with van der Waals surface area (Å²) in [6, 6.07) is 17.7. The van der Waals surface area contributed by atoms with Crippen LogP contribution in [0.25, 0.3) is 0 Å². The molecule has 23 heavy (non-hydrogen) atoms. The predicted octanol–water partition coefficient (Wildman–Crippen LogP) is 2.48. The smallest absolute Gasteiger partial charge is 0.224 e. The number of aliphatic hydroxyl groups excluding tert-OH is 1. The quantitative estimate of drug-likeness (QED) is 0.826. The molecule has 0 bridgehead atoms. The van der Waals surface area contributed by atoms with Gasteiger partial charge in [-0.2, -0.15) is 0 Å². The normalized spacial score (nSPS) is 19.2. The zero-order chi connectivity index (χ0) is 16.1. The lowest BCUT2D eigenvalue weighted by Gasteiger charge is -2.11. The fraction of sp³-hybridized carbons (Fsp3) is 0.316. The molecule has 1 aliphatic rings. The largest absolute Gasteiger partial charge is 0.491 e. The maximum absolute atomic E-state index is 12.3. The number of ether oxygens (including phenoxy) is 1. The molecule has 4 heteroatoms. The standard InChI is InChI=1S/C19H21NO3/c21-10-11-23-18-9-5-4-8-15(18)13-20-19(22)17-12-16(17)14-6-2-1-3-7-14/h1-9,16-17,21H,10-13H2,(H,20,22). The molecule has 120 valence electrons. The highest BCUT2D eigenvalue weighted by Gasteiger charge is 2.43. The van der Waals surface area contributed by atoms with Gasteiger partial charge in [-0.1, -0.05) is 48.5 Å². The Bertz CT molecular complexity index is 657. The Balaban J connectivity index is 1.54. The number of carbonyl (C=O) groups excluding carboxylic acids is 1. The summed E-state index contributed by atoms with van der Waals surface area (Å²) in [5.74, 6) is 1.22. The van der Waals surface area contributed by atoms with Crippen LogP contribution in [0.5, 0.6) is 5.75 Å². The minimum absolute atomic E-state index is 0.0263. The second-order valence-electron chi connectivity index (χ2n) is 5.76. The van der Waals surface area contributed by atoms with Gasteiger partial charge in [0, 0.05) is 18.0 Å². The molecule has 1 amide bonds. The lowest BCUT2D eigenvalue weighted by atomic mass is 10.1. The molecule has 2 atom stereocenters. The van der Waals surface area contributed by atoms with Gasteiger partial charge in [0.15, 0.2) is 0 Å². The molecule has 0 spiro atoms. The van der Waals surface area contributed by atoms with Crippen molar-refractivity contribution in [1.29, 1.82) is 0 Å².